The van der Waals surface area contributed by atoms with E-state index in [4.69, 9.17) is 0 Å². The van der Waals surface area contributed by atoms with E-state index in [-0.39, 0.29) is 0 Å². The predicted octanol–water partition coefficient (Wildman–Crippen LogP) is 1.02. The van der Waals surface area contributed by atoms with Gasteiger partial charge in [-0.25, -0.2) is 4.79 Å². The number of methoxy groups -OCH3 is 1. The number of hydrogen-bond donors (Lipinski definition) is 0. The van der Waals surface area contributed by atoms with Crippen LogP contribution < -0.4 is 0 Å². The molecule has 0 unspecified atom stereocenters. The third-order valence-electron chi connectivity index (χ3n) is 1.79. The molecule has 0 aliphatic heterocycles. The van der Waals surface area contributed by atoms with Gasteiger partial charge in [0.15, 0.2) is 6.29 Å². The van der Waals surface area contributed by atoms with Gasteiger partial charge in [-0.15, -0.1) is 0 Å². The normalized spacial score (nSPS) is 10.4. The summed E-state index contributed by atoms with van der Waals surface area (Å²) < 4.78 is 6.19. The summed E-state index contributed by atoms with van der Waals surface area (Å²) in [5, 5.41) is 0. The van der Waals surface area contributed by atoms with Crippen LogP contribution in [0.2, 0.25) is 0 Å². The van der Waals surface area contributed by atoms with Gasteiger partial charge in [0.05, 0.1) is 7.11 Å². The molecule has 0 aliphatic rings. The minimum atomic E-state index is -0.418. The quantitative estimate of drug-likeness (QED) is 0.409. The number of nitrogens with zero attached hydrogens (tertiary/aromatic N) is 1. The minimum Gasteiger partial charge on any atom is -0.466 e. The highest BCUT2D eigenvalue weighted by molar-refractivity contribution is 5.87. The molecule has 0 spiro atoms. The van der Waals surface area contributed by atoms with Gasteiger partial charge < -0.3 is 9.30 Å². The Balaban J connectivity index is 2.85. The summed E-state index contributed by atoms with van der Waals surface area (Å²) in [6, 6.07) is 1.69. The number of aldehydes is 1. The predicted molar refractivity (Wildman–Crippen MR) is 51.9 cm³/mol. The van der Waals surface area contributed by atoms with E-state index in [2.05, 4.69) is 4.74 Å². The number of hydrogen-bond acceptors (Lipinski definition) is 3. The van der Waals surface area contributed by atoms with E-state index in [1.165, 1.54) is 13.2 Å². The fourth-order valence-corrected chi connectivity index (χ4v) is 1.06. The van der Waals surface area contributed by atoms with Crippen molar-refractivity contribution in [2.24, 2.45) is 7.05 Å². The van der Waals surface area contributed by atoms with E-state index in [0.717, 1.165) is 12.0 Å². The van der Waals surface area contributed by atoms with Crippen molar-refractivity contribution >= 4 is 18.3 Å². The van der Waals surface area contributed by atoms with E-state index in [0.29, 0.717) is 5.56 Å². The minimum absolute atomic E-state index is 0.418. The van der Waals surface area contributed by atoms with E-state index in [1.54, 1.807) is 30.0 Å². The number of ether oxygens (including phenoxy) is 1. The molecule has 0 radical (unpaired) electrons. The van der Waals surface area contributed by atoms with E-state index in [9.17, 15) is 9.59 Å². The number of carbonyl (C=O) groups excluding carboxylic acids is 2. The molecule has 0 bridgehead atoms. The van der Waals surface area contributed by atoms with Crippen LogP contribution in [0.4, 0.5) is 0 Å². The van der Waals surface area contributed by atoms with Crippen molar-refractivity contribution in [3.05, 3.63) is 29.6 Å². The molecular formula is C10H11NO3. The van der Waals surface area contributed by atoms with Crippen LogP contribution in [-0.2, 0) is 16.6 Å². The Morgan fingerprint density at radius 2 is 2.29 bits per heavy atom. The van der Waals surface area contributed by atoms with Gasteiger partial charge in [-0.3, -0.25) is 4.79 Å². The lowest BCUT2D eigenvalue weighted by Crippen LogP contribution is -1.94. The summed E-state index contributed by atoms with van der Waals surface area (Å²) in [4.78, 5) is 21.2. The van der Waals surface area contributed by atoms with Crippen molar-refractivity contribution in [2.45, 2.75) is 0 Å². The third kappa shape index (κ3) is 2.32. The third-order valence-corrected chi connectivity index (χ3v) is 1.79. The van der Waals surface area contributed by atoms with Gasteiger partial charge in [0, 0.05) is 30.6 Å². The standard InChI is InChI=1S/C10H11NO3/c1-11-6-8(7-12)5-9(11)3-4-10(13)14-2/h3-7H,1-2H3. The van der Waals surface area contributed by atoms with Gasteiger partial charge in [0.2, 0.25) is 0 Å². The second-order valence-corrected chi connectivity index (χ2v) is 2.78. The van der Waals surface area contributed by atoms with Crippen LogP contribution in [0.25, 0.3) is 6.08 Å². The summed E-state index contributed by atoms with van der Waals surface area (Å²) in [6.07, 6.45) is 5.35. The van der Waals surface area contributed by atoms with Crippen molar-refractivity contribution < 1.29 is 14.3 Å². The lowest BCUT2D eigenvalue weighted by molar-refractivity contribution is -0.134. The lowest BCUT2D eigenvalue weighted by atomic mass is 10.3. The van der Waals surface area contributed by atoms with Crippen LogP contribution in [0, 0.1) is 0 Å². The second-order valence-electron chi connectivity index (χ2n) is 2.78. The van der Waals surface area contributed by atoms with Gasteiger partial charge >= 0.3 is 5.97 Å². The number of aryl methyl sites for hydroxylation is 1. The molecule has 4 nitrogen and oxygen atoms in total. The molecular weight excluding hydrogens is 182 g/mol. The molecule has 1 aromatic heterocycles. The van der Waals surface area contributed by atoms with Gasteiger partial charge in [-0.1, -0.05) is 0 Å². The SMILES string of the molecule is COC(=O)C=Cc1cc(C=O)cn1C. The molecule has 0 aliphatic carbocycles. The monoisotopic (exact) mass is 193 g/mol. The topological polar surface area (TPSA) is 48.3 Å². The Morgan fingerprint density at radius 1 is 1.57 bits per heavy atom. The van der Waals surface area contributed by atoms with Gasteiger partial charge in [-0.05, 0) is 12.1 Å². The first-order valence-electron chi connectivity index (χ1n) is 4.05. The van der Waals surface area contributed by atoms with Gasteiger partial charge in [0.1, 0.15) is 0 Å². The summed E-state index contributed by atoms with van der Waals surface area (Å²) in [5.41, 5.74) is 1.36. The van der Waals surface area contributed by atoms with Crippen LogP contribution in [0.1, 0.15) is 16.1 Å². The largest absolute Gasteiger partial charge is 0.466 e. The molecule has 0 amide bonds. The Morgan fingerprint density at radius 3 is 2.79 bits per heavy atom. The average molecular weight is 193 g/mol. The highest BCUT2D eigenvalue weighted by atomic mass is 16.5. The smallest absolute Gasteiger partial charge is 0.330 e. The molecule has 0 N–H and O–H groups in total. The first kappa shape index (κ1) is 10.2. The Hall–Kier alpha value is -1.84. The van der Waals surface area contributed by atoms with Crippen molar-refractivity contribution in [3.63, 3.8) is 0 Å². The van der Waals surface area contributed by atoms with E-state index in [1.807, 2.05) is 0 Å². The van der Waals surface area contributed by atoms with E-state index >= 15 is 0 Å². The van der Waals surface area contributed by atoms with Crippen molar-refractivity contribution in [1.82, 2.24) is 4.57 Å². The summed E-state index contributed by atoms with van der Waals surface area (Å²) in [6.45, 7) is 0. The average Bonchev–Trinajstić information content (AvgIpc) is 2.55. The Labute approximate surface area is 81.8 Å². The molecule has 14 heavy (non-hydrogen) atoms. The fourth-order valence-electron chi connectivity index (χ4n) is 1.06. The lowest BCUT2D eigenvalue weighted by Gasteiger charge is -1.94. The Kier molecular flexibility index (Phi) is 3.23. The molecule has 1 heterocycles. The van der Waals surface area contributed by atoms with Crippen molar-refractivity contribution in [2.75, 3.05) is 7.11 Å². The Bertz CT molecular complexity index is 377. The van der Waals surface area contributed by atoms with Gasteiger partial charge in [0.25, 0.3) is 0 Å². The maximum Gasteiger partial charge on any atom is 0.330 e. The zero-order valence-electron chi connectivity index (χ0n) is 8.06. The number of rotatable bonds is 3. The zero-order valence-corrected chi connectivity index (χ0v) is 8.06. The van der Waals surface area contributed by atoms with Crippen LogP contribution >= 0.6 is 0 Å². The molecule has 0 saturated heterocycles. The molecule has 0 fully saturated rings. The van der Waals surface area contributed by atoms with Crippen LogP contribution in [-0.4, -0.2) is 23.9 Å². The number of aromatic nitrogens is 1. The summed E-state index contributed by atoms with van der Waals surface area (Å²) in [7, 11) is 3.11. The highest BCUT2D eigenvalue weighted by Crippen LogP contribution is 2.06. The summed E-state index contributed by atoms with van der Waals surface area (Å²) >= 11 is 0. The molecule has 0 aromatic carbocycles. The number of carbonyl (C=O) groups is 2. The van der Waals surface area contributed by atoms with Crippen molar-refractivity contribution in [3.8, 4) is 0 Å². The summed E-state index contributed by atoms with van der Waals surface area (Å²) in [5.74, 6) is -0.418. The second kappa shape index (κ2) is 4.41. The maximum atomic E-state index is 10.8. The highest BCUT2D eigenvalue weighted by Gasteiger charge is 1.99. The molecule has 1 aromatic rings. The first-order chi connectivity index (χ1) is 6.67. The zero-order chi connectivity index (χ0) is 10.6. The van der Waals surface area contributed by atoms with Crippen LogP contribution in [0.3, 0.4) is 0 Å². The maximum absolute atomic E-state index is 10.8. The number of esters is 1. The molecule has 4 heteroatoms. The first-order valence-corrected chi connectivity index (χ1v) is 4.05. The molecule has 0 atom stereocenters. The van der Waals surface area contributed by atoms with Crippen molar-refractivity contribution in [1.29, 1.82) is 0 Å². The van der Waals surface area contributed by atoms with Crippen LogP contribution in [0.15, 0.2) is 18.3 Å². The van der Waals surface area contributed by atoms with Crippen LogP contribution in [0.5, 0.6) is 0 Å². The van der Waals surface area contributed by atoms with Gasteiger partial charge in [-0.2, -0.15) is 0 Å². The molecule has 0 saturated carbocycles. The molecule has 1 rings (SSSR count). The van der Waals surface area contributed by atoms with E-state index < -0.39 is 5.97 Å². The fraction of sp³-hybridized carbons (Fsp3) is 0.200. The molecule has 74 valence electrons.